The third-order valence-corrected chi connectivity index (χ3v) is 9.11. The summed E-state index contributed by atoms with van der Waals surface area (Å²) in [6.45, 7) is 17.7. The first kappa shape index (κ1) is 22.8. The number of aromatic nitrogens is 1. The van der Waals surface area contributed by atoms with Crippen molar-refractivity contribution in [3.8, 4) is 22.3 Å². The lowest BCUT2D eigenvalue weighted by Crippen LogP contribution is -2.41. The Labute approximate surface area is 199 Å². The van der Waals surface area contributed by atoms with Gasteiger partial charge in [0.25, 0.3) is 0 Å². The maximum Gasteiger partial charge on any atom is 0.496 e. The van der Waals surface area contributed by atoms with Crippen molar-refractivity contribution in [2.24, 2.45) is 0 Å². The van der Waals surface area contributed by atoms with Crippen LogP contribution < -0.4 is 10.8 Å². The topological polar surface area (TPSA) is 31.4 Å². The first-order chi connectivity index (χ1) is 15.4. The standard InChI is InChI=1S/C28H33BNO2P/c1-26(2)24-14-18(9-11-22(24)23-12-10-21(33(7)8)15-25(23)26)19-13-20(17-30-16-19)29-31-27(3,4)28(5,6)32-29/h9-17H,1-8H3. The monoisotopic (exact) mass is 457 g/mol. The van der Waals surface area contributed by atoms with E-state index in [2.05, 4.69) is 102 Å². The zero-order valence-electron chi connectivity index (χ0n) is 21.0. The van der Waals surface area contributed by atoms with Gasteiger partial charge in [0.15, 0.2) is 0 Å². The molecule has 0 spiro atoms. The van der Waals surface area contributed by atoms with Crippen LogP contribution in [0.2, 0.25) is 0 Å². The molecule has 170 valence electrons. The zero-order chi connectivity index (χ0) is 23.8. The van der Waals surface area contributed by atoms with Gasteiger partial charge in [-0.05, 0) is 91.8 Å². The average molecular weight is 457 g/mol. The fourth-order valence-electron chi connectivity index (χ4n) is 4.91. The fraction of sp³-hybridized carbons (Fsp3) is 0.393. The minimum atomic E-state index is -0.408. The summed E-state index contributed by atoms with van der Waals surface area (Å²) < 4.78 is 12.5. The van der Waals surface area contributed by atoms with Gasteiger partial charge < -0.3 is 9.31 Å². The molecule has 0 saturated carbocycles. The SMILES string of the molecule is CP(C)c1ccc2c(c1)C(C)(C)c1cc(-c3cncc(B4OC(C)(C)C(C)(C)O4)c3)ccc1-2. The van der Waals surface area contributed by atoms with Gasteiger partial charge in [-0.3, -0.25) is 4.98 Å². The Morgan fingerprint density at radius 1 is 0.727 bits per heavy atom. The number of rotatable bonds is 3. The van der Waals surface area contributed by atoms with E-state index in [-0.39, 0.29) is 24.5 Å². The minimum absolute atomic E-state index is 0.0290. The van der Waals surface area contributed by atoms with Gasteiger partial charge in [0.1, 0.15) is 0 Å². The van der Waals surface area contributed by atoms with Gasteiger partial charge in [-0.2, -0.15) is 0 Å². The Kier molecular flexibility index (Phi) is 5.18. The molecule has 5 heteroatoms. The van der Waals surface area contributed by atoms with Crippen molar-refractivity contribution < 1.29 is 9.31 Å². The molecule has 0 atom stereocenters. The average Bonchev–Trinajstić information content (AvgIpc) is 3.13. The predicted molar refractivity (Wildman–Crippen MR) is 141 cm³/mol. The van der Waals surface area contributed by atoms with E-state index in [0.29, 0.717) is 0 Å². The Bertz CT molecular complexity index is 1230. The molecule has 2 aliphatic rings. The van der Waals surface area contributed by atoms with Gasteiger partial charge >= 0.3 is 7.12 Å². The normalized spacial score (nSPS) is 19.6. The third-order valence-electron chi connectivity index (χ3n) is 7.79. The highest BCUT2D eigenvalue weighted by atomic mass is 31.1. The maximum absolute atomic E-state index is 6.26. The lowest BCUT2D eigenvalue weighted by molar-refractivity contribution is 0.00578. The van der Waals surface area contributed by atoms with Crippen molar-refractivity contribution in [2.75, 3.05) is 13.3 Å². The van der Waals surface area contributed by atoms with E-state index < -0.39 is 7.12 Å². The molecule has 0 bridgehead atoms. The van der Waals surface area contributed by atoms with E-state index in [1.54, 1.807) is 0 Å². The summed E-state index contributed by atoms with van der Waals surface area (Å²) in [4.78, 5) is 4.54. The zero-order valence-corrected chi connectivity index (χ0v) is 21.9. The highest BCUT2D eigenvalue weighted by Gasteiger charge is 2.51. The number of benzene rings is 2. The molecule has 0 unspecified atom stereocenters. The van der Waals surface area contributed by atoms with Crippen molar-refractivity contribution >= 4 is 25.8 Å². The van der Waals surface area contributed by atoms with E-state index in [9.17, 15) is 0 Å². The van der Waals surface area contributed by atoms with Crippen molar-refractivity contribution in [3.05, 3.63) is 66.0 Å². The lowest BCUT2D eigenvalue weighted by Gasteiger charge is -2.32. The Balaban J connectivity index is 1.52. The molecular formula is C28H33BNO2P. The first-order valence-corrected chi connectivity index (χ1v) is 13.9. The summed E-state index contributed by atoms with van der Waals surface area (Å²) in [7, 11) is -0.525. The molecule has 1 aliphatic heterocycles. The van der Waals surface area contributed by atoms with Gasteiger partial charge in [0.2, 0.25) is 0 Å². The van der Waals surface area contributed by atoms with Crippen molar-refractivity contribution in [1.82, 2.24) is 4.98 Å². The molecule has 0 N–H and O–H groups in total. The van der Waals surface area contributed by atoms with E-state index in [4.69, 9.17) is 9.31 Å². The second-order valence-corrected chi connectivity index (χ2v) is 13.4. The molecule has 5 rings (SSSR count). The number of hydrogen-bond acceptors (Lipinski definition) is 3. The minimum Gasteiger partial charge on any atom is -0.399 e. The van der Waals surface area contributed by atoms with E-state index in [1.165, 1.54) is 33.1 Å². The van der Waals surface area contributed by atoms with Gasteiger partial charge in [0.05, 0.1) is 11.2 Å². The molecule has 1 aliphatic carbocycles. The summed E-state index contributed by atoms with van der Waals surface area (Å²) in [6.07, 6.45) is 3.79. The largest absolute Gasteiger partial charge is 0.496 e. The van der Waals surface area contributed by atoms with Gasteiger partial charge in [-0.25, -0.2) is 0 Å². The number of hydrogen-bond donors (Lipinski definition) is 0. The summed E-state index contributed by atoms with van der Waals surface area (Å²) >= 11 is 0. The smallest absolute Gasteiger partial charge is 0.399 e. The molecule has 33 heavy (non-hydrogen) atoms. The van der Waals surface area contributed by atoms with Crippen LogP contribution in [0.25, 0.3) is 22.3 Å². The van der Waals surface area contributed by atoms with Gasteiger partial charge in [-0.1, -0.05) is 52.1 Å². The molecule has 1 aromatic heterocycles. The second-order valence-electron chi connectivity index (χ2n) is 11.1. The highest BCUT2D eigenvalue weighted by Crippen LogP contribution is 2.50. The molecule has 3 nitrogen and oxygen atoms in total. The maximum atomic E-state index is 6.26. The van der Waals surface area contributed by atoms with E-state index in [1.807, 2.05) is 12.4 Å². The van der Waals surface area contributed by atoms with Crippen LogP contribution >= 0.6 is 7.92 Å². The molecule has 1 saturated heterocycles. The van der Waals surface area contributed by atoms with Crippen LogP contribution in [0.1, 0.15) is 52.7 Å². The number of fused-ring (bicyclic) bond motifs is 3. The van der Waals surface area contributed by atoms with Crippen LogP contribution in [0.3, 0.4) is 0 Å². The summed E-state index contributed by atoms with van der Waals surface area (Å²) in [5.74, 6) is 0. The predicted octanol–water partition coefficient (Wildman–Crippen LogP) is 5.72. The second kappa shape index (κ2) is 7.50. The summed E-state index contributed by atoms with van der Waals surface area (Å²) in [6, 6.07) is 16.1. The molecule has 1 fully saturated rings. The highest BCUT2D eigenvalue weighted by molar-refractivity contribution is 7.64. The third kappa shape index (κ3) is 3.59. The molecule has 0 radical (unpaired) electrons. The van der Waals surface area contributed by atoms with Gasteiger partial charge in [0, 0.05) is 23.3 Å². The van der Waals surface area contributed by atoms with Crippen molar-refractivity contribution in [2.45, 2.75) is 58.2 Å². The van der Waals surface area contributed by atoms with Crippen LogP contribution in [0, 0.1) is 0 Å². The lowest BCUT2D eigenvalue weighted by atomic mass is 9.78. The number of nitrogens with zero attached hydrogens (tertiary/aromatic N) is 1. The molecule has 2 heterocycles. The number of pyridine rings is 1. The van der Waals surface area contributed by atoms with Crippen LogP contribution in [0.5, 0.6) is 0 Å². The Morgan fingerprint density at radius 3 is 1.97 bits per heavy atom. The van der Waals surface area contributed by atoms with Crippen LogP contribution in [-0.4, -0.2) is 36.6 Å². The molecule has 2 aromatic carbocycles. The fourth-order valence-corrected chi connectivity index (χ4v) is 5.67. The Hall–Kier alpha value is -2.00. The first-order valence-electron chi connectivity index (χ1n) is 11.7. The Morgan fingerprint density at radius 2 is 1.33 bits per heavy atom. The van der Waals surface area contributed by atoms with Crippen LogP contribution in [0.15, 0.2) is 54.9 Å². The van der Waals surface area contributed by atoms with Crippen LogP contribution in [0.4, 0.5) is 0 Å². The van der Waals surface area contributed by atoms with Crippen LogP contribution in [-0.2, 0) is 14.7 Å². The molecule has 3 aromatic rings. The van der Waals surface area contributed by atoms with Crippen molar-refractivity contribution in [1.29, 1.82) is 0 Å². The summed E-state index contributed by atoms with van der Waals surface area (Å²) in [5.41, 5.74) is 7.98. The molecule has 0 amide bonds. The van der Waals surface area contributed by atoms with Crippen molar-refractivity contribution in [3.63, 3.8) is 0 Å². The van der Waals surface area contributed by atoms with Gasteiger partial charge in [-0.15, -0.1) is 0 Å². The van der Waals surface area contributed by atoms with E-state index >= 15 is 0 Å². The molecular weight excluding hydrogens is 424 g/mol. The van der Waals surface area contributed by atoms with E-state index in [0.717, 1.165) is 11.0 Å². The quantitative estimate of drug-likeness (QED) is 0.372. The summed E-state index contributed by atoms with van der Waals surface area (Å²) in [5, 5.41) is 1.46.